The van der Waals surface area contributed by atoms with Gasteiger partial charge in [0, 0.05) is 39.1 Å². The molecule has 5 atom stereocenters. The Morgan fingerprint density at radius 1 is 0.814 bits per heavy atom. The van der Waals surface area contributed by atoms with Gasteiger partial charge in [-0.2, -0.15) is 0 Å². The van der Waals surface area contributed by atoms with E-state index >= 15 is 0 Å². The van der Waals surface area contributed by atoms with Gasteiger partial charge < -0.3 is 42.5 Å². The molecule has 1 aliphatic rings. The molecule has 1 saturated heterocycles. The van der Waals surface area contributed by atoms with Crippen LogP contribution in [0.1, 0.15) is 77.7 Å². The van der Waals surface area contributed by atoms with Crippen molar-refractivity contribution in [1.29, 1.82) is 0 Å². The minimum atomic E-state index is -3.69. The summed E-state index contributed by atoms with van der Waals surface area (Å²) in [4.78, 5) is 106. The second-order valence-corrected chi connectivity index (χ2v) is 17.0. The van der Waals surface area contributed by atoms with Crippen molar-refractivity contribution in [1.82, 2.24) is 42.5 Å². The fraction of sp³-hybridized carbons (Fsp3) is 0.550. The highest BCUT2D eigenvalue weighted by molar-refractivity contribution is 7.90. The minimum absolute atomic E-state index is 0.0812. The number of unbranched alkanes of at least 4 members (excludes halogenated alkanes) is 1. The van der Waals surface area contributed by atoms with Crippen LogP contribution in [0.15, 0.2) is 42.5 Å². The summed E-state index contributed by atoms with van der Waals surface area (Å²) < 4.78 is 24.6. The molecule has 8 N–H and O–H groups in total. The van der Waals surface area contributed by atoms with Crippen LogP contribution in [0.25, 0.3) is 10.8 Å². The van der Waals surface area contributed by atoms with Crippen LogP contribution in [0.2, 0.25) is 0 Å². The van der Waals surface area contributed by atoms with E-state index < -0.39 is 106 Å². The Balaban J connectivity index is 2.01. The van der Waals surface area contributed by atoms with Crippen LogP contribution in [0, 0.1) is 0 Å². The lowest BCUT2D eigenvalue weighted by atomic mass is 9.98. The second-order valence-electron chi connectivity index (χ2n) is 14.7. The highest BCUT2D eigenvalue weighted by Crippen LogP contribution is 2.20. The number of amides is 8. The highest BCUT2D eigenvalue weighted by Gasteiger charge is 2.32. The Hall–Kier alpha value is -5.59. The Morgan fingerprint density at radius 3 is 2.19 bits per heavy atom. The molecule has 0 aliphatic carbocycles. The van der Waals surface area contributed by atoms with E-state index in [0.29, 0.717) is 31.2 Å². The summed E-state index contributed by atoms with van der Waals surface area (Å²) in [5.74, 6) is -5.93. The SMILES string of the molecule is CCCC[C@@H](NC(C)=O)C(=O)N[C@H]1CCC(=O)NCCCCNC(=O)[C@H](C)NC(=O)CNC(=O)[C@@H](Cc2cccc3ccccc23)NC(=O)[C@H](CCS(C)(=O)=O)NC1=O. The van der Waals surface area contributed by atoms with Crippen molar-refractivity contribution in [2.24, 2.45) is 0 Å². The normalized spacial score (nSPS) is 21.7. The van der Waals surface area contributed by atoms with Crippen molar-refractivity contribution >= 4 is 67.9 Å². The van der Waals surface area contributed by atoms with Gasteiger partial charge in [0.25, 0.3) is 0 Å². The molecule has 0 unspecified atom stereocenters. The van der Waals surface area contributed by atoms with Gasteiger partial charge in [-0.1, -0.05) is 62.2 Å². The van der Waals surface area contributed by atoms with Gasteiger partial charge in [0.15, 0.2) is 0 Å². The van der Waals surface area contributed by atoms with Crippen molar-refractivity contribution in [2.75, 3.05) is 31.6 Å². The van der Waals surface area contributed by atoms with E-state index in [1.807, 2.05) is 37.3 Å². The predicted octanol–water partition coefficient (Wildman–Crippen LogP) is -0.606. The van der Waals surface area contributed by atoms with Gasteiger partial charge in [-0.25, -0.2) is 8.42 Å². The number of rotatable bonds is 11. The van der Waals surface area contributed by atoms with Gasteiger partial charge in [-0.3, -0.25) is 38.4 Å². The van der Waals surface area contributed by atoms with Crippen LogP contribution in [0.4, 0.5) is 0 Å². The maximum Gasteiger partial charge on any atom is 0.243 e. The average molecular weight is 843 g/mol. The third kappa shape index (κ3) is 17.0. The number of hydrogen-bond donors (Lipinski definition) is 8. The molecule has 0 radical (unpaired) electrons. The lowest BCUT2D eigenvalue weighted by Crippen LogP contribution is -2.59. The first kappa shape index (κ1) is 47.8. The molecule has 0 spiro atoms. The standard InChI is InChI=1S/C40H58N8O10S/c1-5-6-16-30(45-26(3)49)38(54)46-31-17-18-34(50)41-20-9-10-21-42-36(52)25(2)44-35(51)24-43-37(53)33(23-28-14-11-13-27-12-7-8-15-29(27)28)48-40(56)32(47-39(31)55)19-22-59(4,57)58/h7-8,11-15,25,30-33H,5-6,9-10,16-24H2,1-4H3,(H,41,50)(H,42,52)(H,43,53)(H,44,51)(H,45,49)(H,46,54)(H,47,55)(H,48,56)/t25-,30+,31-,32-,33+/m0/s1. The summed E-state index contributed by atoms with van der Waals surface area (Å²) in [6, 6.07) is 6.51. The molecule has 324 valence electrons. The van der Waals surface area contributed by atoms with E-state index in [4.69, 9.17) is 0 Å². The molecule has 0 aromatic heterocycles. The third-order valence-corrected chi connectivity index (χ3v) is 10.6. The third-order valence-electron chi connectivity index (χ3n) is 9.60. The van der Waals surface area contributed by atoms with E-state index in [1.165, 1.54) is 13.8 Å². The maximum absolute atomic E-state index is 14.1. The molecule has 8 amide bonds. The predicted molar refractivity (Wildman–Crippen MR) is 220 cm³/mol. The average Bonchev–Trinajstić information content (AvgIpc) is 3.18. The molecular formula is C40H58N8O10S. The van der Waals surface area contributed by atoms with E-state index in [0.717, 1.165) is 17.0 Å². The molecule has 1 aliphatic heterocycles. The largest absolute Gasteiger partial charge is 0.356 e. The summed E-state index contributed by atoms with van der Waals surface area (Å²) >= 11 is 0. The minimum Gasteiger partial charge on any atom is -0.356 e. The fourth-order valence-electron chi connectivity index (χ4n) is 6.36. The molecule has 1 fully saturated rings. The molecular weight excluding hydrogens is 785 g/mol. The summed E-state index contributed by atoms with van der Waals surface area (Å²) in [7, 11) is -3.69. The number of sulfone groups is 1. The van der Waals surface area contributed by atoms with E-state index in [-0.39, 0.29) is 38.8 Å². The van der Waals surface area contributed by atoms with Crippen molar-refractivity contribution in [3.8, 4) is 0 Å². The fourth-order valence-corrected chi connectivity index (χ4v) is 7.03. The maximum atomic E-state index is 14.1. The first-order valence-electron chi connectivity index (χ1n) is 19.9. The van der Waals surface area contributed by atoms with Crippen molar-refractivity contribution in [2.45, 2.75) is 109 Å². The molecule has 0 bridgehead atoms. The number of fused-ring (bicyclic) bond motifs is 1. The second kappa shape index (κ2) is 23.7. The van der Waals surface area contributed by atoms with Gasteiger partial charge in [-0.05, 0) is 55.4 Å². The van der Waals surface area contributed by atoms with Crippen molar-refractivity contribution in [3.05, 3.63) is 48.0 Å². The molecule has 18 nitrogen and oxygen atoms in total. The monoisotopic (exact) mass is 842 g/mol. The molecule has 19 heteroatoms. The zero-order valence-electron chi connectivity index (χ0n) is 34.1. The first-order valence-corrected chi connectivity index (χ1v) is 22.0. The van der Waals surface area contributed by atoms with E-state index in [2.05, 4.69) is 42.5 Å². The number of hydrogen-bond acceptors (Lipinski definition) is 10. The van der Waals surface area contributed by atoms with Gasteiger partial charge in [0.05, 0.1) is 12.3 Å². The lowest BCUT2D eigenvalue weighted by Gasteiger charge is -2.26. The van der Waals surface area contributed by atoms with Gasteiger partial charge in [0.1, 0.15) is 40.0 Å². The highest BCUT2D eigenvalue weighted by atomic mass is 32.2. The van der Waals surface area contributed by atoms with Crippen molar-refractivity contribution < 1.29 is 46.8 Å². The number of benzene rings is 2. The Kier molecular flexibility index (Phi) is 19.2. The van der Waals surface area contributed by atoms with Crippen LogP contribution in [0.5, 0.6) is 0 Å². The zero-order chi connectivity index (χ0) is 43.5. The summed E-state index contributed by atoms with van der Waals surface area (Å²) in [6.45, 7) is 4.57. The van der Waals surface area contributed by atoms with Gasteiger partial charge >= 0.3 is 0 Å². The van der Waals surface area contributed by atoms with Crippen LogP contribution in [-0.4, -0.2) is 118 Å². The first-order chi connectivity index (χ1) is 28.0. The topological polar surface area (TPSA) is 267 Å². The Bertz CT molecular complexity index is 1940. The van der Waals surface area contributed by atoms with E-state index in [9.17, 15) is 46.8 Å². The quantitative estimate of drug-likeness (QED) is 0.142. The molecule has 59 heavy (non-hydrogen) atoms. The summed E-state index contributed by atoms with van der Waals surface area (Å²) in [5, 5.41) is 22.5. The molecule has 2 aromatic carbocycles. The number of nitrogens with one attached hydrogen (secondary N) is 8. The summed E-state index contributed by atoms with van der Waals surface area (Å²) in [6.07, 6.45) is 2.50. The van der Waals surface area contributed by atoms with Crippen LogP contribution < -0.4 is 42.5 Å². The smallest absolute Gasteiger partial charge is 0.243 e. The lowest BCUT2D eigenvalue weighted by molar-refractivity contribution is -0.135. The van der Waals surface area contributed by atoms with Crippen LogP contribution in [-0.2, 0) is 54.6 Å². The summed E-state index contributed by atoms with van der Waals surface area (Å²) in [5.41, 5.74) is 0.658. The molecule has 3 rings (SSSR count). The van der Waals surface area contributed by atoms with Gasteiger partial charge in [-0.15, -0.1) is 0 Å². The number of carbonyl (C=O) groups excluding carboxylic acids is 8. The van der Waals surface area contributed by atoms with E-state index in [1.54, 1.807) is 12.1 Å². The van der Waals surface area contributed by atoms with Gasteiger partial charge in [0.2, 0.25) is 47.3 Å². The Labute approximate surface area is 344 Å². The zero-order valence-corrected chi connectivity index (χ0v) is 34.9. The molecule has 2 aromatic rings. The van der Waals surface area contributed by atoms with Crippen LogP contribution >= 0.6 is 0 Å². The Morgan fingerprint density at radius 2 is 1.49 bits per heavy atom. The molecule has 0 saturated carbocycles. The van der Waals surface area contributed by atoms with Crippen molar-refractivity contribution in [3.63, 3.8) is 0 Å². The van der Waals surface area contributed by atoms with Crippen LogP contribution in [0.3, 0.4) is 0 Å². The molecule has 1 heterocycles. The number of carbonyl (C=O) groups is 8.